The van der Waals surface area contributed by atoms with Gasteiger partial charge in [-0.05, 0) is 60.5 Å². The number of carbonyl (C=O) groups excluding carboxylic acids is 2. The van der Waals surface area contributed by atoms with Gasteiger partial charge in [-0.2, -0.15) is 0 Å². The Kier molecular flexibility index (Phi) is 6.87. The summed E-state index contributed by atoms with van der Waals surface area (Å²) in [5.74, 6) is 0.0593. The van der Waals surface area contributed by atoms with Gasteiger partial charge in [0.25, 0.3) is 11.8 Å². The Morgan fingerprint density at radius 1 is 0.966 bits per heavy atom. The molecule has 3 aromatic rings. The number of benzene rings is 3. The van der Waals surface area contributed by atoms with Gasteiger partial charge in [0, 0.05) is 22.8 Å². The third-order valence-electron chi connectivity index (χ3n) is 4.24. The number of ether oxygens (including phenoxy) is 1. The zero-order valence-corrected chi connectivity index (χ0v) is 16.7. The average Bonchev–Trinajstić information content (AvgIpc) is 2.73. The molecule has 3 rings (SSSR count). The van der Waals surface area contributed by atoms with Crippen LogP contribution in [0.4, 0.5) is 5.69 Å². The fourth-order valence-corrected chi connectivity index (χ4v) is 2.91. The monoisotopic (exact) mass is 408 g/mol. The van der Waals surface area contributed by atoms with Crippen molar-refractivity contribution >= 4 is 29.1 Å². The number of nitrogens with one attached hydrogen (secondary N) is 2. The molecular weight excluding hydrogens is 388 g/mol. The van der Waals surface area contributed by atoms with Gasteiger partial charge in [-0.1, -0.05) is 41.9 Å². The van der Waals surface area contributed by atoms with E-state index in [1.165, 1.54) is 0 Å². The van der Waals surface area contributed by atoms with Crippen LogP contribution in [0.15, 0.2) is 72.8 Å². The molecule has 5 nitrogen and oxygen atoms in total. The minimum absolute atomic E-state index is 0.137. The van der Waals surface area contributed by atoms with Crippen molar-refractivity contribution in [1.29, 1.82) is 0 Å². The number of aryl methyl sites for hydroxylation is 1. The molecule has 0 spiro atoms. The molecule has 3 aromatic carbocycles. The number of rotatable bonds is 7. The molecule has 148 valence electrons. The summed E-state index contributed by atoms with van der Waals surface area (Å²) in [7, 11) is 0. The first-order valence-corrected chi connectivity index (χ1v) is 9.50. The van der Waals surface area contributed by atoms with Crippen LogP contribution in [0.2, 0.25) is 5.02 Å². The molecule has 0 fully saturated rings. The number of halogens is 1. The molecule has 2 amide bonds. The Labute approximate surface area is 174 Å². The van der Waals surface area contributed by atoms with Crippen LogP contribution in [-0.2, 0) is 11.3 Å². The minimum atomic E-state index is -0.278. The van der Waals surface area contributed by atoms with E-state index < -0.39 is 0 Å². The Bertz CT molecular complexity index is 989. The van der Waals surface area contributed by atoms with Crippen molar-refractivity contribution in [3.8, 4) is 5.75 Å². The van der Waals surface area contributed by atoms with E-state index in [1.54, 1.807) is 42.5 Å². The fraction of sp³-hybridized carbons (Fsp3) is 0.130. The van der Waals surface area contributed by atoms with Crippen LogP contribution in [0.25, 0.3) is 0 Å². The fourth-order valence-electron chi connectivity index (χ4n) is 2.69. The highest BCUT2D eigenvalue weighted by atomic mass is 35.5. The number of amides is 2. The molecule has 0 saturated heterocycles. The summed E-state index contributed by atoms with van der Waals surface area (Å²) in [6.07, 6.45) is 0. The summed E-state index contributed by atoms with van der Waals surface area (Å²) in [6.45, 7) is 2.19. The number of carbonyl (C=O) groups is 2. The molecule has 0 aliphatic heterocycles. The van der Waals surface area contributed by atoms with E-state index in [-0.39, 0.29) is 18.4 Å². The molecule has 0 aromatic heterocycles. The van der Waals surface area contributed by atoms with E-state index in [2.05, 4.69) is 10.6 Å². The Balaban J connectivity index is 1.48. The van der Waals surface area contributed by atoms with Crippen molar-refractivity contribution in [2.24, 2.45) is 0 Å². The lowest BCUT2D eigenvalue weighted by atomic mass is 10.2. The van der Waals surface area contributed by atoms with E-state index in [1.807, 2.05) is 37.3 Å². The first-order chi connectivity index (χ1) is 14.0. The van der Waals surface area contributed by atoms with Crippen LogP contribution in [0.1, 0.15) is 21.5 Å². The summed E-state index contributed by atoms with van der Waals surface area (Å²) >= 11 is 5.91. The number of anilines is 1. The highest BCUT2D eigenvalue weighted by Gasteiger charge is 2.08. The van der Waals surface area contributed by atoms with Gasteiger partial charge in [0.15, 0.2) is 6.61 Å². The molecule has 0 saturated carbocycles. The zero-order valence-electron chi connectivity index (χ0n) is 15.9. The number of hydrogen-bond acceptors (Lipinski definition) is 3. The lowest BCUT2D eigenvalue weighted by Crippen LogP contribution is -2.23. The van der Waals surface area contributed by atoms with Gasteiger partial charge in [0.05, 0.1) is 0 Å². The molecule has 0 aliphatic carbocycles. The second-order valence-corrected chi connectivity index (χ2v) is 6.93. The highest BCUT2D eigenvalue weighted by Crippen LogP contribution is 2.19. The predicted octanol–water partition coefficient (Wildman–Crippen LogP) is 4.60. The van der Waals surface area contributed by atoms with Crippen molar-refractivity contribution in [2.45, 2.75) is 13.5 Å². The minimum Gasteiger partial charge on any atom is -0.484 e. The maximum absolute atomic E-state index is 12.2. The van der Waals surface area contributed by atoms with E-state index in [0.29, 0.717) is 28.6 Å². The smallest absolute Gasteiger partial charge is 0.262 e. The van der Waals surface area contributed by atoms with Crippen LogP contribution in [0.3, 0.4) is 0 Å². The van der Waals surface area contributed by atoms with Crippen molar-refractivity contribution in [2.75, 3.05) is 11.9 Å². The molecule has 2 N–H and O–H groups in total. The molecule has 6 heteroatoms. The molecule has 0 heterocycles. The second-order valence-electron chi connectivity index (χ2n) is 6.49. The predicted molar refractivity (Wildman–Crippen MR) is 114 cm³/mol. The van der Waals surface area contributed by atoms with Gasteiger partial charge in [-0.15, -0.1) is 0 Å². The zero-order chi connectivity index (χ0) is 20.6. The van der Waals surface area contributed by atoms with Crippen LogP contribution in [-0.4, -0.2) is 18.4 Å². The molecule has 0 aliphatic rings. The summed E-state index contributed by atoms with van der Waals surface area (Å²) < 4.78 is 5.50. The van der Waals surface area contributed by atoms with Crippen LogP contribution >= 0.6 is 11.6 Å². The van der Waals surface area contributed by atoms with Crippen molar-refractivity contribution < 1.29 is 14.3 Å². The van der Waals surface area contributed by atoms with Gasteiger partial charge in [-0.3, -0.25) is 9.59 Å². The van der Waals surface area contributed by atoms with Gasteiger partial charge in [0.2, 0.25) is 0 Å². The third-order valence-corrected chi connectivity index (χ3v) is 4.48. The first-order valence-electron chi connectivity index (χ1n) is 9.12. The van der Waals surface area contributed by atoms with E-state index >= 15 is 0 Å². The lowest BCUT2D eigenvalue weighted by molar-refractivity contribution is -0.118. The summed E-state index contributed by atoms with van der Waals surface area (Å²) in [5.41, 5.74) is 3.11. The molecule has 0 unspecified atom stereocenters. The largest absolute Gasteiger partial charge is 0.484 e. The van der Waals surface area contributed by atoms with E-state index in [4.69, 9.17) is 16.3 Å². The van der Waals surface area contributed by atoms with E-state index in [9.17, 15) is 9.59 Å². The first kappa shape index (κ1) is 20.4. The maximum atomic E-state index is 12.2. The summed E-state index contributed by atoms with van der Waals surface area (Å²) in [5, 5.41) is 6.27. The quantitative estimate of drug-likeness (QED) is 0.600. The molecule has 29 heavy (non-hydrogen) atoms. The number of hydrogen-bond donors (Lipinski definition) is 2. The van der Waals surface area contributed by atoms with Crippen LogP contribution < -0.4 is 15.4 Å². The molecule has 0 radical (unpaired) electrons. The molecule has 0 bridgehead atoms. The second kappa shape index (κ2) is 9.75. The van der Waals surface area contributed by atoms with Gasteiger partial charge < -0.3 is 15.4 Å². The SMILES string of the molecule is Cc1cc(Cl)ccc1NC(=O)COc1ccc(C(=O)NCc2ccccc2)cc1. The Morgan fingerprint density at radius 3 is 2.38 bits per heavy atom. The van der Waals surface area contributed by atoms with Crippen molar-refractivity contribution in [3.05, 3.63) is 94.5 Å². The topological polar surface area (TPSA) is 67.4 Å². The third kappa shape index (κ3) is 6.09. The lowest BCUT2D eigenvalue weighted by Gasteiger charge is -2.10. The normalized spacial score (nSPS) is 10.3. The van der Waals surface area contributed by atoms with Gasteiger partial charge in [0.1, 0.15) is 5.75 Å². The standard InChI is InChI=1S/C23H21ClN2O3/c1-16-13-19(24)9-12-21(16)26-22(27)15-29-20-10-7-18(8-11-20)23(28)25-14-17-5-3-2-4-6-17/h2-13H,14-15H2,1H3,(H,25,28)(H,26,27). The summed E-state index contributed by atoms with van der Waals surface area (Å²) in [6, 6.07) is 21.6. The van der Waals surface area contributed by atoms with Crippen LogP contribution in [0, 0.1) is 6.92 Å². The van der Waals surface area contributed by atoms with Crippen LogP contribution in [0.5, 0.6) is 5.75 Å². The highest BCUT2D eigenvalue weighted by molar-refractivity contribution is 6.30. The van der Waals surface area contributed by atoms with Crippen molar-refractivity contribution in [3.63, 3.8) is 0 Å². The average molecular weight is 409 g/mol. The van der Waals surface area contributed by atoms with Crippen molar-refractivity contribution in [1.82, 2.24) is 5.32 Å². The Hall–Kier alpha value is -3.31. The maximum Gasteiger partial charge on any atom is 0.262 e. The summed E-state index contributed by atoms with van der Waals surface area (Å²) in [4.78, 5) is 24.3. The van der Waals surface area contributed by atoms with Gasteiger partial charge >= 0.3 is 0 Å². The Morgan fingerprint density at radius 2 is 1.69 bits per heavy atom. The van der Waals surface area contributed by atoms with Gasteiger partial charge in [-0.25, -0.2) is 0 Å². The molecular formula is C23H21ClN2O3. The van der Waals surface area contributed by atoms with E-state index in [0.717, 1.165) is 11.1 Å². The molecule has 0 atom stereocenters.